The maximum absolute atomic E-state index is 5.52. The summed E-state index contributed by atoms with van der Waals surface area (Å²) in [5.41, 5.74) is 4.36. The maximum atomic E-state index is 5.52. The van der Waals surface area contributed by atoms with Crippen LogP contribution in [0.25, 0.3) is 0 Å². The van der Waals surface area contributed by atoms with E-state index in [1.165, 1.54) is 24.8 Å². The third-order valence-corrected chi connectivity index (χ3v) is 2.73. The number of nitrogens with one attached hydrogen (secondary N) is 1. The van der Waals surface area contributed by atoms with Crippen molar-refractivity contribution in [1.82, 2.24) is 5.48 Å². The second kappa shape index (κ2) is 8.31. The van der Waals surface area contributed by atoms with Gasteiger partial charge in [-0.3, -0.25) is 4.84 Å². The fourth-order valence-electron chi connectivity index (χ4n) is 1.61. The molecule has 0 fully saturated rings. The molecule has 1 aromatic rings. The van der Waals surface area contributed by atoms with E-state index in [1.807, 2.05) is 18.2 Å². The van der Waals surface area contributed by atoms with Gasteiger partial charge in [0.05, 0.1) is 6.61 Å². The van der Waals surface area contributed by atoms with E-state index >= 15 is 0 Å². The predicted molar refractivity (Wildman–Crippen MR) is 68.0 cm³/mol. The van der Waals surface area contributed by atoms with Gasteiger partial charge in [-0.05, 0) is 18.4 Å². The Morgan fingerprint density at radius 3 is 2.56 bits per heavy atom. The third-order valence-electron chi connectivity index (χ3n) is 2.73. The molecule has 0 spiro atoms. The highest BCUT2D eigenvalue weighted by molar-refractivity contribution is 5.13. The van der Waals surface area contributed by atoms with Gasteiger partial charge in [-0.2, -0.15) is 5.48 Å². The Morgan fingerprint density at radius 1 is 1.19 bits per heavy atom. The zero-order valence-electron chi connectivity index (χ0n) is 10.4. The summed E-state index contributed by atoms with van der Waals surface area (Å²) in [6, 6.07) is 10.7. The summed E-state index contributed by atoms with van der Waals surface area (Å²) < 4.78 is 0. The Morgan fingerprint density at radius 2 is 1.94 bits per heavy atom. The molecule has 1 atom stereocenters. The van der Waals surface area contributed by atoms with Gasteiger partial charge in [-0.25, -0.2) is 0 Å². The van der Waals surface area contributed by atoms with Gasteiger partial charge in [0.1, 0.15) is 0 Å². The first-order chi connectivity index (χ1) is 7.86. The van der Waals surface area contributed by atoms with Gasteiger partial charge < -0.3 is 0 Å². The van der Waals surface area contributed by atoms with Crippen LogP contribution >= 0.6 is 0 Å². The second-order valence-corrected chi connectivity index (χ2v) is 4.14. The van der Waals surface area contributed by atoms with E-state index in [0.717, 1.165) is 6.42 Å². The zero-order chi connectivity index (χ0) is 11.6. The van der Waals surface area contributed by atoms with Crippen LogP contribution in [0.5, 0.6) is 0 Å². The molecule has 16 heavy (non-hydrogen) atoms. The van der Waals surface area contributed by atoms with Crippen molar-refractivity contribution >= 4 is 0 Å². The first kappa shape index (κ1) is 13.2. The summed E-state index contributed by atoms with van der Waals surface area (Å²) >= 11 is 0. The van der Waals surface area contributed by atoms with Crippen molar-refractivity contribution in [3.8, 4) is 0 Å². The molecule has 0 radical (unpaired) electrons. The topological polar surface area (TPSA) is 21.3 Å². The third kappa shape index (κ3) is 5.29. The van der Waals surface area contributed by atoms with Crippen molar-refractivity contribution < 1.29 is 4.84 Å². The van der Waals surface area contributed by atoms with Crippen LogP contribution in [0.15, 0.2) is 30.3 Å². The van der Waals surface area contributed by atoms with Gasteiger partial charge in [0, 0.05) is 6.04 Å². The van der Waals surface area contributed by atoms with Crippen LogP contribution in [0.2, 0.25) is 0 Å². The minimum absolute atomic E-state index is 0.490. The van der Waals surface area contributed by atoms with Gasteiger partial charge in [0.25, 0.3) is 0 Å². The Kier molecular flexibility index (Phi) is 6.86. The Bertz CT molecular complexity index is 261. The Labute approximate surface area is 99.0 Å². The van der Waals surface area contributed by atoms with Gasteiger partial charge in [0.2, 0.25) is 0 Å². The van der Waals surface area contributed by atoms with Crippen LogP contribution in [0.3, 0.4) is 0 Å². The van der Waals surface area contributed by atoms with Gasteiger partial charge in [-0.1, -0.05) is 57.0 Å². The molecule has 1 unspecified atom stereocenters. The highest BCUT2D eigenvalue weighted by Gasteiger charge is 2.04. The number of unbranched alkanes of at least 4 members (excludes halogenated alkanes) is 1. The molecule has 0 aromatic heterocycles. The highest BCUT2D eigenvalue weighted by atomic mass is 16.6. The molecule has 0 heterocycles. The van der Waals surface area contributed by atoms with Crippen LogP contribution < -0.4 is 5.48 Å². The van der Waals surface area contributed by atoms with E-state index in [0.29, 0.717) is 12.6 Å². The number of hydrogen-bond acceptors (Lipinski definition) is 2. The van der Waals surface area contributed by atoms with Crippen molar-refractivity contribution in [2.75, 3.05) is 0 Å². The van der Waals surface area contributed by atoms with E-state index in [4.69, 9.17) is 4.84 Å². The van der Waals surface area contributed by atoms with E-state index in [1.54, 1.807) is 0 Å². The molecule has 0 saturated heterocycles. The molecular weight excluding hydrogens is 198 g/mol. The zero-order valence-corrected chi connectivity index (χ0v) is 10.4. The minimum atomic E-state index is 0.490. The summed E-state index contributed by atoms with van der Waals surface area (Å²) in [5, 5.41) is 0. The lowest BCUT2D eigenvalue weighted by molar-refractivity contribution is 0.000385. The van der Waals surface area contributed by atoms with Crippen molar-refractivity contribution in [3.63, 3.8) is 0 Å². The first-order valence-corrected chi connectivity index (χ1v) is 6.28. The molecule has 1 N–H and O–H groups in total. The lowest BCUT2D eigenvalue weighted by Crippen LogP contribution is -2.28. The molecule has 0 amide bonds. The van der Waals surface area contributed by atoms with Crippen LogP contribution in [0.1, 0.15) is 45.1 Å². The molecule has 0 aliphatic heterocycles. The second-order valence-electron chi connectivity index (χ2n) is 4.14. The Balaban J connectivity index is 2.18. The first-order valence-electron chi connectivity index (χ1n) is 6.28. The average Bonchev–Trinajstić information content (AvgIpc) is 2.35. The molecule has 0 aliphatic rings. The van der Waals surface area contributed by atoms with Crippen molar-refractivity contribution in [3.05, 3.63) is 35.9 Å². The standard InChI is InChI=1S/C14H23NO/c1-3-5-11-14(4-2)15-16-12-13-9-7-6-8-10-13/h6-10,14-15H,3-5,11-12H2,1-2H3. The van der Waals surface area contributed by atoms with Crippen LogP contribution in [-0.2, 0) is 11.4 Å². The van der Waals surface area contributed by atoms with Gasteiger partial charge in [-0.15, -0.1) is 0 Å². The predicted octanol–water partition coefficient (Wildman–Crippen LogP) is 3.68. The molecule has 1 aromatic carbocycles. The quantitative estimate of drug-likeness (QED) is 0.676. The fourth-order valence-corrected chi connectivity index (χ4v) is 1.61. The molecule has 0 saturated carbocycles. The lowest BCUT2D eigenvalue weighted by atomic mass is 10.1. The molecule has 2 nitrogen and oxygen atoms in total. The minimum Gasteiger partial charge on any atom is -0.297 e. The Hall–Kier alpha value is -0.860. The summed E-state index contributed by atoms with van der Waals surface area (Å²) in [6.45, 7) is 5.06. The molecule has 90 valence electrons. The smallest absolute Gasteiger partial charge is 0.0933 e. The number of rotatable bonds is 8. The van der Waals surface area contributed by atoms with Gasteiger partial charge >= 0.3 is 0 Å². The molecule has 0 aliphatic carbocycles. The van der Waals surface area contributed by atoms with E-state index < -0.39 is 0 Å². The van der Waals surface area contributed by atoms with Crippen molar-refractivity contribution in [1.29, 1.82) is 0 Å². The highest BCUT2D eigenvalue weighted by Crippen LogP contribution is 2.05. The lowest BCUT2D eigenvalue weighted by Gasteiger charge is -2.16. The van der Waals surface area contributed by atoms with Crippen LogP contribution in [-0.4, -0.2) is 6.04 Å². The molecule has 1 rings (SSSR count). The van der Waals surface area contributed by atoms with Gasteiger partial charge in [0.15, 0.2) is 0 Å². The van der Waals surface area contributed by atoms with Crippen molar-refractivity contribution in [2.24, 2.45) is 0 Å². The average molecular weight is 221 g/mol. The number of hydroxylamine groups is 1. The SMILES string of the molecule is CCCCC(CC)NOCc1ccccc1. The molecule has 2 heteroatoms. The van der Waals surface area contributed by atoms with E-state index in [2.05, 4.69) is 31.5 Å². The summed E-state index contributed by atoms with van der Waals surface area (Å²) in [7, 11) is 0. The number of benzene rings is 1. The van der Waals surface area contributed by atoms with E-state index in [-0.39, 0.29) is 0 Å². The van der Waals surface area contributed by atoms with E-state index in [9.17, 15) is 0 Å². The van der Waals surface area contributed by atoms with Crippen LogP contribution in [0.4, 0.5) is 0 Å². The fraction of sp³-hybridized carbons (Fsp3) is 0.571. The van der Waals surface area contributed by atoms with Crippen molar-refractivity contribution in [2.45, 2.75) is 52.2 Å². The normalized spacial score (nSPS) is 12.6. The van der Waals surface area contributed by atoms with Crippen LogP contribution in [0, 0.1) is 0 Å². The summed E-state index contributed by atoms with van der Waals surface area (Å²) in [6.07, 6.45) is 4.83. The largest absolute Gasteiger partial charge is 0.297 e. The summed E-state index contributed by atoms with van der Waals surface area (Å²) in [4.78, 5) is 5.52. The molecular formula is C14H23NO. The number of hydrogen-bond donors (Lipinski definition) is 1. The summed E-state index contributed by atoms with van der Waals surface area (Å²) in [5.74, 6) is 0. The molecule has 0 bridgehead atoms. The maximum Gasteiger partial charge on any atom is 0.0933 e. The monoisotopic (exact) mass is 221 g/mol.